The number of para-hydroxylation sites is 1. The minimum absolute atomic E-state index is 0.239. The van der Waals surface area contributed by atoms with Gasteiger partial charge in [-0.15, -0.1) is 0 Å². The molecule has 1 N–H and O–H groups in total. The highest BCUT2D eigenvalue weighted by atomic mass is 16.6. The van der Waals surface area contributed by atoms with E-state index in [0.717, 1.165) is 0 Å². The Hall–Kier alpha value is -2.90. The first-order valence-electron chi connectivity index (χ1n) is 6.10. The molecule has 8 heteroatoms. The Labute approximate surface area is 120 Å². The Morgan fingerprint density at radius 1 is 1.52 bits per heavy atom. The fourth-order valence-corrected chi connectivity index (χ4v) is 2.05. The van der Waals surface area contributed by atoms with Crippen LogP contribution in [0, 0.1) is 10.1 Å². The summed E-state index contributed by atoms with van der Waals surface area (Å²) in [6.45, 7) is 0.327. The van der Waals surface area contributed by atoms with Crippen molar-refractivity contribution in [3.8, 4) is 0 Å². The van der Waals surface area contributed by atoms with Crippen LogP contribution in [0.15, 0.2) is 30.6 Å². The number of nitrogens with zero attached hydrogens (tertiary/aromatic N) is 4. The molecule has 21 heavy (non-hydrogen) atoms. The quantitative estimate of drug-likeness (QED) is 0.663. The topological polar surface area (TPSA) is 102 Å². The number of hydrogen-bond donors (Lipinski definition) is 1. The van der Waals surface area contributed by atoms with Crippen LogP contribution in [0.4, 0.5) is 11.4 Å². The summed E-state index contributed by atoms with van der Waals surface area (Å²) in [6, 6.07) is 4.23. The molecule has 0 aliphatic carbocycles. The van der Waals surface area contributed by atoms with Crippen molar-refractivity contribution >= 4 is 17.3 Å². The Morgan fingerprint density at radius 3 is 2.76 bits per heavy atom. The van der Waals surface area contributed by atoms with Gasteiger partial charge in [0.25, 0.3) is 0 Å². The fraction of sp³-hybridized carbons (Fsp3) is 0.231. The molecule has 0 spiro atoms. The first kappa shape index (κ1) is 14.5. The highest BCUT2D eigenvalue weighted by Gasteiger charge is 2.26. The molecule has 0 aliphatic rings. The number of carboxylic acid groups (broad SMARTS) is 1. The van der Waals surface area contributed by atoms with Crippen LogP contribution in [-0.4, -0.2) is 32.6 Å². The Morgan fingerprint density at radius 2 is 2.24 bits per heavy atom. The van der Waals surface area contributed by atoms with Gasteiger partial charge in [-0.05, 0) is 12.1 Å². The Bertz CT molecular complexity index is 695. The van der Waals surface area contributed by atoms with Crippen LogP contribution in [0.2, 0.25) is 0 Å². The van der Waals surface area contributed by atoms with Gasteiger partial charge in [-0.25, -0.2) is 9.78 Å². The van der Waals surface area contributed by atoms with Crippen molar-refractivity contribution in [3.63, 3.8) is 0 Å². The van der Waals surface area contributed by atoms with Gasteiger partial charge in [0.1, 0.15) is 17.1 Å². The third-order valence-corrected chi connectivity index (χ3v) is 3.14. The number of hydrogen-bond acceptors (Lipinski definition) is 5. The molecule has 0 atom stereocenters. The van der Waals surface area contributed by atoms with Crippen LogP contribution < -0.4 is 4.90 Å². The summed E-state index contributed by atoms with van der Waals surface area (Å²) in [7, 11) is 3.47. The van der Waals surface area contributed by atoms with E-state index < -0.39 is 16.6 Å². The van der Waals surface area contributed by atoms with Crippen LogP contribution in [0.3, 0.4) is 0 Å². The molecule has 0 saturated heterocycles. The van der Waals surface area contributed by atoms with Gasteiger partial charge in [0.15, 0.2) is 0 Å². The summed E-state index contributed by atoms with van der Waals surface area (Å²) in [6.07, 6.45) is 3.40. The second-order valence-corrected chi connectivity index (χ2v) is 4.55. The lowest BCUT2D eigenvalue weighted by Gasteiger charge is -2.19. The zero-order chi connectivity index (χ0) is 15.6. The smallest absolute Gasteiger partial charge is 0.342 e. The third kappa shape index (κ3) is 2.83. The zero-order valence-electron chi connectivity index (χ0n) is 11.6. The van der Waals surface area contributed by atoms with Crippen molar-refractivity contribution in [2.75, 3.05) is 11.9 Å². The molecule has 2 rings (SSSR count). The number of imidazole rings is 1. The molecule has 0 amide bonds. The molecular formula is C13H14N4O4. The monoisotopic (exact) mass is 290 g/mol. The maximum atomic E-state index is 11.2. The van der Waals surface area contributed by atoms with Gasteiger partial charge in [-0.1, -0.05) is 6.07 Å². The van der Waals surface area contributed by atoms with E-state index in [2.05, 4.69) is 4.98 Å². The van der Waals surface area contributed by atoms with Gasteiger partial charge in [0, 0.05) is 26.5 Å². The van der Waals surface area contributed by atoms with Crippen LogP contribution in [0.5, 0.6) is 0 Å². The number of benzene rings is 1. The predicted molar refractivity (Wildman–Crippen MR) is 75.4 cm³/mol. The van der Waals surface area contributed by atoms with Crippen molar-refractivity contribution < 1.29 is 14.8 Å². The Balaban J connectivity index is 2.43. The normalized spacial score (nSPS) is 10.4. The lowest BCUT2D eigenvalue weighted by Crippen LogP contribution is -2.21. The molecule has 8 nitrogen and oxygen atoms in total. The SMILES string of the molecule is CN(Cc1nccn1C)c1cccc(C(=O)O)c1[N+](=O)[O-]. The first-order valence-corrected chi connectivity index (χ1v) is 6.10. The second kappa shape index (κ2) is 5.61. The van der Waals surface area contributed by atoms with E-state index in [1.54, 1.807) is 28.9 Å². The van der Waals surface area contributed by atoms with Crippen molar-refractivity contribution in [3.05, 3.63) is 52.1 Å². The summed E-state index contributed by atoms with van der Waals surface area (Å²) < 4.78 is 1.80. The summed E-state index contributed by atoms with van der Waals surface area (Å²) >= 11 is 0. The average molecular weight is 290 g/mol. The molecule has 1 heterocycles. The summed E-state index contributed by atoms with van der Waals surface area (Å²) in [5.74, 6) is -0.610. The number of rotatable bonds is 5. The molecule has 1 aromatic carbocycles. The number of nitro benzene ring substituents is 1. The minimum Gasteiger partial charge on any atom is -0.477 e. The van der Waals surface area contributed by atoms with E-state index in [-0.39, 0.29) is 11.3 Å². The molecule has 110 valence electrons. The molecule has 0 aliphatic heterocycles. The molecule has 0 fully saturated rings. The maximum absolute atomic E-state index is 11.2. The first-order chi connectivity index (χ1) is 9.91. The van der Waals surface area contributed by atoms with E-state index >= 15 is 0 Å². The van der Waals surface area contributed by atoms with Gasteiger partial charge in [-0.2, -0.15) is 0 Å². The second-order valence-electron chi connectivity index (χ2n) is 4.55. The number of nitro groups is 1. The molecule has 0 saturated carbocycles. The van der Waals surface area contributed by atoms with E-state index in [0.29, 0.717) is 12.4 Å². The van der Waals surface area contributed by atoms with E-state index in [4.69, 9.17) is 5.11 Å². The highest BCUT2D eigenvalue weighted by molar-refractivity contribution is 5.95. The lowest BCUT2D eigenvalue weighted by atomic mass is 10.1. The molecular weight excluding hydrogens is 276 g/mol. The third-order valence-electron chi connectivity index (χ3n) is 3.14. The number of carbonyl (C=O) groups is 1. The Kier molecular flexibility index (Phi) is 3.88. The average Bonchev–Trinajstić information content (AvgIpc) is 2.83. The van der Waals surface area contributed by atoms with Crippen molar-refractivity contribution in [1.82, 2.24) is 9.55 Å². The van der Waals surface area contributed by atoms with Crippen LogP contribution in [0.25, 0.3) is 0 Å². The zero-order valence-corrected chi connectivity index (χ0v) is 11.6. The number of aromatic carboxylic acids is 1. The molecule has 1 aromatic heterocycles. The molecule has 0 unspecified atom stereocenters. The summed E-state index contributed by atoms with van der Waals surface area (Å²) in [5.41, 5.74) is -0.506. The van der Waals surface area contributed by atoms with E-state index in [1.807, 2.05) is 7.05 Å². The maximum Gasteiger partial charge on any atom is 0.342 e. The standard InChI is InChI=1S/C13H14N4O4/c1-15-7-6-14-11(15)8-16(2)10-5-3-4-9(13(18)19)12(10)17(20)21/h3-7H,8H2,1-2H3,(H,18,19). The number of aromatic nitrogens is 2. The van der Waals surface area contributed by atoms with Gasteiger partial charge in [0.05, 0.1) is 11.5 Å². The molecule has 2 aromatic rings. The minimum atomic E-state index is -1.33. The molecule has 0 bridgehead atoms. The lowest BCUT2D eigenvalue weighted by molar-refractivity contribution is -0.384. The van der Waals surface area contributed by atoms with Gasteiger partial charge in [-0.3, -0.25) is 10.1 Å². The number of carboxylic acids is 1. The van der Waals surface area contributed by atoms with E-state index in [9.17, 15) is 14.9 Å². The van der Waals surface area contributed by atoms with Gasteiger partial charge >= 0.3 is 11.7 Å². The van der Waals surface area contributed by atoms with Crippen molar-refractivity contribution in [2.45, 2.75) is 6.54 Å². The molecule has 0 radical (unpaired) electrons. The fourth-order valence-electron chi connectivity index (χ4n) is 2.05. The summed E-state index contributed by atoms with van der Waals surface area (Å²) in [4.78, 5) is 27.4. The van der Waals surface area contributed by atoms with Crippen LogP contribution >= 0.6 is 0 Å². The van der Waals surface area contributed by atoms with Crippen molar-refractivity contribution in [2.24, 2.45) is 7.05 Å². The van der Waals surface area contributed by atoms with Gasteiger partial charge in [0.2, 0.25) is 0 Å². The highest BCUT2D eigenvalue weighted by Crippen LogP contribution is 2.31. The van der Waals surface area contributed by atoms with E-state index in [1.165, 1.54) is 18.2 Å². The van der Waals surface area contributed by atoms with Crippen LogP contribution in [-0.2, 0) is 13.6 Å². The predicted octanol–water partition coefficient (Wildman–Crippen LogP) is 1.66. The number of aryl methyl sites for hydroxylation is 1. The van der Waals surface area contributed by atoms with Crippen LogP contribution in [0.1, 0.15) is 16.2 Å². The number of anilines is 1. The van der Waals surface area contributed by atoms with Crippen molar-refractivity contribution in [1.29, 1.82) is 0 Å². The largest absolute Gasteiger partial charge is 0.477 e. The summed E-state index contributed by atoms with van der Waals surface area (Å²) in [5, 5.41) is 20.3. The van der Waals surface area contributed by atoms with Gasteiger partial charge < -0.3 is 14.6 Å².